The van der Waals surface area contributed by atoms with Gasteiger partial charge in [-0.05, 0) is 31.0 Å². The standard InChI is InChI=1S/C18H27FN2O7S/c1-4-10-28-29(24,25)16(21-23)15(12-19)13-5-7-14(8-6-13)27-11-9-18(2,20)17(22)26-3/h5-8,15,23H,4,9-12,20H2,1-3H3. The van der Waals surface area contributed by atoms with Crippen molar-refractivity contribution in [2.75, 3.05) is 27.0 Å². The van der Waals surface area contributed by atoms with Gasteiger partial charge in [0.1, 0.15) is 18.0 Å². The summed E-state index contributed by atoms with van der Waals surface area (Å²) in [5, 5.41) is 11.1. The number of hydrogen-bond acceptors (Lipinski definition) is 9. The van der Waals surface area contributed by atoms with Crippen LogP contribution in [-0.2, 0) is 23.8 Å². The lowest BCUT2D eigenvalue weighted by atomic mass is 10.0. The van der Waals surface area contributed by atoms with Crippen molar-refractivity contribution in [1.29, 1.82) is 0 Å². The minimum absolute atomic E-state index is 0.112. The van der Waals surface area contributed by atoms with E-state index in [1.807, 2.05) is 0 Å². The molecule has 11 heteroatoms. The molecule has 164 valence electrons. The van der Waals surface area contributed by atoms with Crippen molar-refractivity contribution in [3.05, 3.63) is 29.8 Å². The summed E-state index contributed by atoms with van der Waals surface area (Å²) >= 11 is 0. The number of benzene rings is 1. The second-order valence-electron chi connectivity index (χ2n) is 6.50. The zero-order chi connectivity index (χ0) is 22.1. The predicted molar refractivity (Wildman–Crippen MR) is 104 cm³/mol. The summed E-state index contributed by atoms with van der Waals surface area (Å²) in [6, 6.07) is 5.89. The number of oxime groups is 1. The van der Waals surface area contributed by atoms with Crippen LogP contribution in [-0.4, -0.2) is 57.2 Å². The van der Waals surface area contributed by atoms with Gasteiger partial charge in [0, 0.05) is 6.42 Å². The average Bonchev–Trinajstić information content (AvgIpc) is 2.70. The number of carbonyl (C=O) groups excluding carboxylic acids is 1. The van der Waals surface area contributed by atoms with Gasteiger partial charge in [-0.2, -0.15) is 8.42 Å². The number of nitrogens with two attached hydrogens (primary N) is 1. The number of alkyl halides is 1. The van der Waals surface area contributed by atoms with Crippen molar-refractivity contribution < 1.29 is 36.5 Å². The van der Waals surface area contributed by atoms with Gasteiger partial charge in [0.05, 0.1) is 26.2 Å². The third-order valence-electron chi connectivity index (χ3n) is 4.07. The topological polar surface area (TPSA) is 138 Å². The summed E-state index contributed by atoms with van der Waals surface area (Å²) in [7, 11) is -3.13. The Bertz CT molecular complexity index is 795. The molecule has 0 spiro atoms. The summed E-state index contributed by atoms with van der Waals surface area (Å²) in [6.07, 6.45) is 0.616. The molecule has 1 rings (SSSR count). The summed E-state index contributed by atoms with van der Waals surface area (Å²) in [5.74, 6) is -1.49. The first kappa shape index (κ1) is 24.8. The second kappa shape index (κ2) is 11.1. The van der Waals surface area contributed by atoms with Gasteiger partial charge in [0.25, 0.3) is 0 Å². The fourth-order valence-corrected chi connectivity index (χ4v) is 3.51. The molecule has 0 saturated carbocycles. The molecule has 1 aromatic carbocycles. The van der Waals surface area contributed by atoms with E-state index in [1.54, 1.807) is 6.92 Å². The van der Waals surface area contributed by atoms with Crippen LogP contribution >= 0.6 is 0 Å². The first-order valence-electron chi connectivity index (χ1n) is 8.90. The highest BCUT2D eigenvalue weighted by Crippen LogP contribution is 2.25. The van der Waals surface area contributed by atoms with Gasteiger partial charge in [0.15, 0.2) is 0 Å². The zero-order valence-electron chi connectivity index (χ0n) is 16.6. The Morgan fingerprint density at radius 3 is 2.41 bits per heavy atom. The molecular formula is C18H27FN2O7S. The van der Waals surface area contributed by atoms with Crippen LogP contribution in [0.3, 0.4) is 0 Å². The molecule has 2 unspecified atom stereocenters. The Kier molecular flexibility index (Phi) is 9.47. The SMILES string of the molecule is CCCOS(=O)(=O)C(=NO)C(CF)c1ccc(OCCC(C)(N)C(=O)OC)cc1. The first-order valence-corrected chi connectivity index (χ1v) is 10.3. The van der Waals surface area contributed by atoms with Gasteiger partial charge in [-0.1, -0.05) is 24.2 Å². The maximum atomic E-state index is 13.6. The van der Waals surface area contributed by atoms with Crippen LogP contribution in [0.4, 0.5) is 4.39 Å². The average molecular weight is 434 g/mol. The van der Waals surface area contributed by atoms with E-state index in [0.717, 1.165) is 0 Å². The highest BCUT2D eigenvalue weighted by atomic mass is 32.2. The number of esters is 1. The molecule has 0 aliphatic heterocycles. The summed E-state index contributed by atoms with van der Waals surface area (Å²) in [4.78, 5) is 11.5. The maximum absolute atomic E-state index is 13.6. The molecule has 0 aliphatic rings. The minimum atomic E-state index is -4.37. The largest absolute Gasteiger partial charge is 0.494 e. The highest BCUT2D eigenvalue weighted by molar-refractivity contribution is 8.02. The number of rotatable bonds is 11. The molecule has 0 fully saturated rings. The monoisotopic (exact) mass is 434 g/mol. The van der Waals surface area contributed by atoms with Crippen LogP contribution in [0, 0.1) is 0 Å². The number of ether oxygens (including phenoxy) is 2. The third kappa shape index (κ3) is 6.94. The number of hydrogen-bond donors (Lipinski definition) is 2. The molecule has 0 aromatic heterocycles. The Morgan fingerprint density at radius 2 is 1.93 bits per heavy atom. The maximum Gasteiger partial charge on any atom is 0.325 e. The van der Waals surface area contributed by atoms with E-state index < -0.39 is 39.3 Å². The molecule has 3 N–H and O–H groups in total. The smallest absolute Gasteiger partial charge is 0.325 e. The van der Waals surface area contributed by atoms with Gasteiger partial charge < -0.3 is 20.4 Å². The van der Waals surface area contributed by atoms with Crippen molar-refractivity contribution in [2.24, 2.45) is 10.9 Å². The van der Waals surface area contributed by atoms with Crippen molar-refractivity contribution in [1.82, 2.24) is 0 Å². The van der Waals surface area contributed by atoms with Crippen LogP contribution in [0.2, 0.25) is 0 Å². The summed E-state index contributed by atoms with van der Waals surface area (Å²) in [6.45, 7) is 2.12. The fourth-order valence-electron chi connectivity index (χ4n) is 2.36. The van der Waals surface area contributed by atoms with E-state index in [0.29, 0.717) is 12.2 Å². The van der Waals surface area contributed by atoms with Crippen LogP contribution in [0.25, 0.3) is 0 Å². The van der Waals surface area contributed by atoms with Crippen LogP contribution in [0.5, 0.6) is 5.75 Å². The van der Waals surface area contributed by atoms with E-state index in [4.69, 9.17) is 19.9 Å². The molecule has 0 radical (unpaired) electrons. The molecule has 1 aromatic rings. The van der Waals surface area contributed by atoms with E-state index in [-0.39, 0.29) is 25.2 Å². The lowest BCUT2D eigenvalue weighted by Crippen LogP contribution is -2.46. The molecule has 2 atom stereocenters. The normalized spacial score (nSPS) is 15.4. The van der Waals surface area contributed by atoms with Crippen molar-refractivity contribution in [2.45, 2.75) is 38.1 Å². The first-order chi connectivity index (χ1) is 13.6. The molecule has 0 bridgehead atoms. The predicted octanol–water partition coefficient (Wildman–Crippen LogP) is 1.94. The number of nitrogens with zero attached hydrogens (tertiary/aromatic N) is 1. The van der Waals surface area contributed by atoms with Gasteiger partial charge in [0.2, 0.25) is 5.04 Å². The van der Waals surface area contributed by atoms with E-state index in [9.17, 15) is 17.6 Å². The number of methoxy groups -OCH3 is 1. The fraction of sp³-hybridized carbons (Fsp3) is 0.556. The Hall–Kier alpha value is -2.24. The van der Waals surface area contributed by atoms with Gasteiger partial charge in [-0.25, -0.2) is 4.39 Å². The van der Waals surface area contributed by atoms with E-state index in [2.05, 4.69) is 9.89 Å². The number of halogens is 1. The number of carbonyl (C=O) groups is 1. The molecule has 0 amide bonds. The van der Waals surface area contributed by atoms with Crippen LogP contribution in [0.15, 0.2) is 29.4 Å². The molecular weight excluding hydrogens is 407 g/mol. The zero-order valence-corrected chi connectivity index (χ0v) is 17.4. The Morgan fingerprint density at radius 1 is 1.31 bits per heavy atom. The lowest BCUT2D eigenvalue weighted by Gasteiger charge is -2.21. The van der Waals surface area contributed by atoms with Crippen molar-refractivity contribution >= 4 is 21.1 Å². The van der Waals surface area contributed by atoms with Gasteiger partial charge >= 0.3 is 16.1 Å². The lowest BCUT2D eigenvalue weighted by molar-refractivity contribution is -0.146. The third-order valence-corrected chi connectivity index (χ3v) is 5.43. The van der Waals surface area contributed by atoms with E-state index in [1.165, 1.54) is 38.3 Å². The van der Waals surface area contributed by atoms with Crippen LogP contribution < -0.4 is 10.5 Å². The van der Waals surface area contributed by atoms with Gasteiger partial charge in [-0.3, -0.25) is 8.98 Å². The minimum Gasteiger partial charge on any atom is -0.494 e. The van der Waals surface area contributed by atoms with E-state index >= 15 is 0 Å². The molecule has 0 heterocycles. The molecule has 9 nitrogen and oxygen atoms in total. The molecule has 29 heavy (non-hydrogen) atoms. The van der Waals surface area contributed by atoms with Crippen molar-refractivity contribution in [3.63, 3.8) is 0 Å². The Labute approximate surface area is 169 Å². The van der Waals surface area contributed by atoms with Gasteiger partial charge in [-0.15, -0.1) is 0 Å². The summed E-state index contributed by atoms with van der Waals surface area (Å²) < 4.78 is 52.7. The Balaban J connectivity index is 2.86. The van der Waals surface area contributed by atoms with Crippen LogP contribution in [0.1, 0.15) is 38.2 Å². The highest BCUT2D eigenvalue weighted by Gasteiger charge is 2.32. The molecule has 0 saturated heterocycles. The van der Waals surface area contributed by atoms with Crippen molar-refractivity contribution in [3.8, 4) is 5.75 Å². The second-order valence-corrected chi connectivity index (χ2v) is 8.06. The molecule has 0 aliphatic carbocycles. The summed E-state index contributed by atoms with van der Waals surface area (Å²) in [5.41, 5.74) is 4.90. The quantitative estimate of drug-likeness (QED) is 0.135.